The van der Waals surface area contributed by atoms with E-state index < -0.39 is 0 Å². The number of nitrogens with one attached hydrogen (secondary N) is 2. The fourth-order valence-corrected chi connectivity index (χ4v) is 4.36. The van der Waals surface area contributed by atoms with E-state index in [1.165, 1.54) is 12.8 Å². The number of nitrogens with zero attached hydrogens (tertiary/aromatic N) is 1. The predicted octanol–water partition coefficient (Wildman–Crippen LogP) is 3.53. The molecule has 0 saturated carbocycles. The molecule has 5 nitrogen and oxygen atoms in total. The minimum atomic E-state index is -0.149. The highest BCUT2D eigenvalue weighted by Gasteiger charge is 2.27. The molecule has 2 amide bonds. The van der Waals surface area contributed by atoms with Crippen molar-refractivity contribution in [3.8, 4) is 0 Å². The van der Waals surface area contributed by atoms with E-state index in [4.69, 9.17) is 0 Å². The Hall–Kier alpha value is -2.66. The largest absolute Gasteiger partial charge is 0.348 e. The van der Waals surface area contributed by atoms with Crippen molar-refractivity contribution in [2.75, 3.05) is 25.0 Å². The highest BCUT2D eigenvalue weighted by molar-refractivity contribution is 5.96. The molecule has 1 fully saturated rings. The molecular formula is C24H29N3O2. The standard InChI is InChI=1S/C24H29N3O2/c28-23(13-12-20-16-19-10-4-5-11-21(19)26-24(20)29)25-22(17-27-14-6-7-15-27)18-8-2-1-3-9-18/h1-5,8-11,20,22H,6-7,12-17H2,(H,25,28)(H,26,29). The maximum Gasteiger partial charge on any atom is 0.227 e. The van der Waals surface area contributed by atoms with Crippen LogP contribution in [-0.4, -0.2) is 36.3 Å². The molecule has 29 heavy (non-hydrogen) atoms. The molecule has 152 valence electrons. The number of likely N-dealkylation sites (tertiary alicyclic amines) is 1. The van der Waals surface area contributed by atoms with Gasteiger partial charge in [0.1, 0.15) is 0 Å². The predicted molar refractivity (Wildman–Crippen MR) is 114 cm³/mol. The summed E-state index contributed by atoms with van der Waals surface area (Å²) in [6.45, 7) is 3.04. The Kier molecular flexibility index (Phi) is 6.25. The molecule has 1 saturated heterocycles. The minimum Gasteiger partial charge on any atom is -0.348 e. The smallest absolute Gasteiger partial charge is 0.227 e. The normalized spacial score (nSPS) is 20.0. The lowest BCUT2D eigenvalue weighted by atomic mass is 9.89. The first-order valence-corrected chi connectivity index (χ1v) is 10.6. The van der Waals surface area contributed by atoms with E-state index in [9.17, 15) is 9.59 Å². The topological polar surface area (TPSA) is 61.4 Å². The summed E-state index contributed by atoms with van der Waals surface area (Å²) in [5.41, 5.74) is 3.18. The van der Waals surface area contributed by atoms with Gasteiger partial charge in [0.05, 0.1) is 6.04 Å². The number of anilines is 1. The van der Waals surface area contributed by atoms with Crippen molar-refractivity contribution in [2.45, 2.75) is 38.1 Å². The Bertz CT molecular complexity index is 846. The molecule has 2 aliphatic rings. The van der Waals surface area contributed by atoms with Crippen LogP contribution in [0, 0.1) is 5.92 Å². The second-order valence-electron chi connectivity index (χ2n) is 8.12. The molecule has 0 spiro atoms. The second-order valence-corrected chi connectivity index (χ2v) is 8.12. The Morgan fingerprint density at radius 2 is 1.79 bits per heavy atom. The fraction of sp³-hybridized carbons (Fsp3) is 0.417. The third kappa shape index (κ3) is 5.04. The molecule has 0 aliphatic carbocycles. The first-order valence-electron chi connectivity index (χ1n) is 10.6. The Balaban J connectivity index is 1.35. The number of carbonyl (C=O) groups is 2. The summed E-state index contributed by atoms with van der Waals surface area (Å²) < 4.78 is 0. The molecule has 0 aromatic heterocycles. The molecule has 2 aliphatic heterocycles. The van der Waals surface area contributed by atoms with Gasteiger partial charge in [-0.1, -0.05) is 48.5 Å². The summed E-state index contributed by atoms with van der Waals surface area (Å²) >= 11 is 0. The minimum absolute atomic E-state index is 0.0114. The van der Waals surface area contributed by atoms with Gasteiger partial charge in [0.25, 0.3) is 0 Å². The third-order valence-electron chi connectivity index (χ3n) is 6.01. The molecule has 0 radical (unpaired) electrons. The van der Waals surface area contributed by atoms with Gasteiger partial charge in [-0.05, 0) is 56.0 Å². The van der Waals surface area contributed by atoms with Crippen LogP contribution in [0.3, 0.4) is 0 Å². The number of hydrogen-bond acceptors (Lipinski definition) is 3. The number of amides is 2. The molecule has 0 bridgehead atoms. The van der Waals surface area contributed by atoms with Gasteiger partial charge in [-0.2, -0.15) is 0 Å². The Morgan fingerprint density at radius 1 is 1.07 bits per heavy atom. The monoisotopic (exact) mass is 391 g/mol. The lowest BCUT2D eigenvalue weighted by molar-refractivity contribution is -0.123. The first-order chi connectivity index (χ1) is 14.2. The lowest BCUT2D eigenvalue weighted by Crippen LogP contribution is -2.37. The lowest BCUT2D eigenvalue weighted by Gasteiger charge is -2.26. The molecule has 2 atom stereocenters. The number of benzene rings is 2. The SMILES string of the molecule is O=C(CCC1Cc2ccccc2NC1=O)NC(CN1CCCC1)c1ccccc1. The van der Waals surface area contributed by atoms with E-state index in [0.717, 1.165) is 36.4 Å². The van der Waals surface area contributed by atoms with Crippen LogP contribution in [0.4, 0.5) is 5.69 Å². The van der Waals surface area contributed by atoms with E-state index >= 15 is 0 Å². The molecule has 2 aromatic rings. The second kappa shape index (κ2) is 9.23. The quantitative estimate of drug-likeness (QED) is 0.759. The first kappa shape index (κ1) is 19.6. The highest BCUT2D eigenvalue weighted by Crippen LogP contribution is 2.27. The van der Waals surface area contributed by atoms with Gasteiger partial charge in [-0.25, -0.2) is 0 Å². The Labute approximate surface area is 172 Å². The number of hydrogen-bond donors (Lipinski definition) is 2. The average Bonchev–Trinajstić information content (AvgIpc) is 3.25. The summed E-state index contributed by atoms with van der Waals surface area (Å²) in [6.07, 6.45) is 4.09. The van der Waals surface area contributed by atoms with E-state index in [1.54, 1.807) is 0 Å². The molecule has 2 heterocycles. The van der Waals surface area contributed by atoms with Gasteiger partial charge in [0.2, 0.25) is 11.8 Å². The maximum absolute atomic E-state index is 12.7. The number of para-hydroxylation sites is 1. The summed E-state index contributed by atoms with van der Waals surface area (Å²) in [4.78, 5) is 27.5. The van der Waals surface area contributed by atoms with E-state index in [2.05, 4.69) is 27.7 Å². The van der Waals surface area contributed by atoms with Crippen LogP contribution >= 0.6 is 0 Å². The van der Waals surface area contributed by atoms with Crippen LogP contribution in [-0.2, 0) is 16.0 Å². The molecular weight excluding hydrogens is 362 g/mol. The van der Waals surface area contributed by atoms with Crippen LogP contribution in [0.1, 0.15) is 42.9 Å². The fourth-order valence-electron chi connectivity index (χ4n) is 4.36. The summed E-state index contributed by atoms with van der Waals surface area (Å²) in [6, 6.07) is 18.1. The van der Waals surface area contributed by atoms with Crippen molar-refractivity contribution in [2.24, 2.45) is 5.92 Å². The summed E-state index contributed by atoms with van der Waals surface area (Å²) in [5, 5.41) is 6.19. The third-order valence-corrected chi connectivity index (χ3v) is 6.01. The highest BCUT2D eigenvalue weighted by atomic mass is 16.2. The van der Waals surface area contributed by atoms with Crippen molar-refractivity contribution < 1.29 is 9.59 Å². The van der Waals surface area contributed by atoms with Crippen LogP contribution in [0.2, 0.25) is 0 Å². The van der Waals surface area contributed by atoms with Crippen molar-refractivity contribution in [3.63, 3.8) is 0 Å². The zero-order chi connectivity index (χ0) is 20.1. The van der Waals surface area contributed by atoms with Gasteiger partial charge in [0.15, 0.2) is 0 Å². The van der Waals surface area contributed by atoms with Crippen molar-refractivity contribution in [1.82, 2.24) is 10.2 Å². The van der Waals surface area contributed by atoms with E-state index in [0.29, 0.717) is 19.3 Å². The molecule has 5 heteroatoms. The Morgan fingerprint density at radius 3 is 2.59 bits per heavy atom. The number of carbonyl (C=O) groups excluding carboxylic acids is 2. The molecule has 2 unspecified atom stereocenters. The van der Waals surface area contributed by atoms with Gasteiger partial charge < -0.3 is 15.5 Å². The van der Waals surface area contributed by atoms with Crippen molar-refractivity contribution >= 4 is 17.5 Å². The van der Waals surface area contributed by atoms with Crippen molar-refractivity contribution in [1.29, 1.82) is 0 Å². The average molecular weight is 392 g/mol. The number of rotatable bonds is 7. The van der Waals surface area contributed by atoms with Gasteiger partial charge in [-0.3, -0.25) is 9.59 Å². The van der Waals surface area contributed by atoms with Gasteiger partial charge >= 0.3 is 0 Å². The van der Waals surface area contributed by atoms with Gasteiger partial charge in [0, 0.05) is 24.6 Å². The van der Waals surface area contributed by atoms with Crippen LogP contribution in [0.25, 0.3) is 0 Å². The summed E-state index contributed by atoms with van der Waals surface area (Å²) in [5.74, 6) is -0.109. The summed E-state index contributed by atoms with van der Waals surface area (Å²) in [7, 11) is 0. The van der Waals surface area contributed by atoms with Crippen molar-refractivity contribution in [3.05, 3.63) is 65.7 Å². The number of fused-ring (bicyclic) bond motifs is 1. The van der Waals surface area contributed by atoms with Crippen LogP contribution in [0.5, 0.6) is 0 Å². The van der Waals surface area contributed by atoms with Crippen LogP contribution < -0.4 is 10.6 Å². The maximum atomic E-state index is 12.7. The van der Waals surface area contributed by atoms with Crippen LogP contribution in [0.15, 0.2) is 54.6 Å². The van der Waals surface area contributed by atoms with E-state index in [1.807, 2.05) is 42.5 Å². The molecule has 4 rings (SSSR count). The van der Waals surface area contributed by atoms with E-state index in [-0.39, 0.29) is 23.8 Å². The molecule has 2 aromatic carbocycles. The molecule has 2 N–H and O–H groups in total. The zero-order valence-corrected chi connectivity index (χ0v) is 16.8. The zero-order valence-electron chi connectivity index (χ0n) is 16.8. The van der Waals surface area contributed by atoms with Gasteiger partial charge in [-0.15, -0.1) is 0 Å².